The number of carboxylic acids is 1. The number of thiazole rings is 1. The topological polar surface area (TPSA) is 50.2 Å². The van der Waals surface area contributed by atoms with Crippen LogP contribution in [0.3, 0.4) is 0 Å². The van der Waals surface area contributed by atoms with Crippen LogP contribution in [-0.4, -0.2) is 21.3 Å². The third-order valence-corrected chi connectivity index (χ3v) is 3.95. The normalized spacial score (nSPS) is 13.1. The van der Waals surface area contributed by atoms with Gasteiger partial charge in [0, 0.05) is 11.1 Å². The van der Waals surface area contributed by atoms with Crippen LogP contribution in [0.15, 0.2) is 10.9 Å². The first-order chi connectivity index (χ1) is 6.61. The highest BCUT2D eigenvalue weighted by atomic mass is 32.2. The fourth-order valence-electron chi connectivity index (χ4n) is 1.03. The van der Waals surface area contributed by atoms with Crippen molar-refractivity contribution >= 4 is 29.1 Å². The quantitative estimate of drug-likeness (QED) is 0.846. The number of carbonyl (C=O) groups is 1. The molecule has 0 aliphatic carbocycles. The molecule has 1 aromatic heterocycles. The molecule has 3 nitrogen and oxygen atoms in total. The lowest BCUT2D eigenvalue weighted by atomic mass is 10.1. The minimum Gasteiger partial charge on any atom is -0.480 e. The molecule has 78 valence electrons. The van der Waals surface area contributed by atoms with Crippen LogP contribution in [-0.2, 0) is 10.5 Å². The average molecular weight is 231 g/mol. The van der Waals surface area contributed by atoms with E-state index >= 15 is 0 Å². The Morgan fingerprint density at radius 2 is 2.43 bits per heavy atom. The van der Waals surface area contributed by atoms with Crippen LogP contribution in [0.4, 0.5) is 0 Å². The van der Waals surface area contributed by atoms with Crippen molar-refractivity contribution in [3.05, 3.63) is 16.6 Å². The molecule has 1 aromatic rings. The van der Waals surface area contributed by atoms with Crippen molar-refractivity contribution in [3.8, 4) is 0 Å². The third-order valence-electron chi connectivity index (χ3n) is 1.74. The van der Waals surface area contributed by atoms with Gasteiger partial charge in [0.1, 0.15) is 5.25 Å². The van der Waals surface area contributed by atoms with E-state index in [-0.39, 0.29) is 11.2 Å². The van der Waals surface area contributed by atoms with Crippen molar-refractivity contribution in [2.24, 2.45) is 5.92 Å². The van der Waals surface area contributed by atoms with E-state index in [1.807, 2.05) is 19.2 Å². The summed E-state index contributed by atoms with van der Waals surface area (Å²) >= 11 is 2.98. The van der Waals surface area contributed by atoms with Crippen LogP contribution >= 0.6 is 23.1 Å². The molecule has 1 heterocycles. The molecular weight excluding hydrogens is 218 g/mol. The van der Waals surface area contributed by atoms with Crippen LogP contribution in [0.2, 0.25) is 0 Å². The van der Waals surface area contributed by atoms with Crippen LogP contribution in [0.1, 0.15) is 19.5 Å². The Kier molecular flexibility index (Phi) is 4.41. The lowest BCUT2D eigenvalue weighted by Crippen LogP contribution is -2.22. The van der Waals surface area contributed by atoms with E-state index in [1.54, 1.807) is 5.51 Å². The molecule has 0 aromatic carbocycles. The molecule has 0 radical (unpaired) electrons. The summed E-state index contributed by atoms with van der Waals surface area (Å²) in [4.78, 5) is 15.0. The maximum atomic E-state index is 10.9. The van der Waals surface area contributed by atoms with Gasteiger partial charge in [-0.3, -0.25) is 4.79 Å². The van der Waals surface area contributed by atoms with E-state index in [1.165, 1.54) is 23.1 Å². The molecule has 0 aliphatic heterocycles. The molecular formula is C9H13NO2S2. The fraction of sp³-hybridized carbons (Fsp3) is 0.556. The summed E-state index contributed by atoms with van der Waals surface area (Å²) < 4.78 is 0. The number of aromatic nitrogens is 1. The van der Waals surface area contributed by atoms with Gasteiger partial charge in [-0.25, -0.2) is 4.98 Å². The van der Waals surface area contributed by atoms with E-state index in [9.17, 15) is 4.79 Å². The maximum absolute atomic E-state index is 10.9. The SMILES string of the molecule is CC(C)C(SCc1cscn1)C(=O)O. The second-order valence-electron chi connectivity index (χ2n) is 3.29. The Balaban J connectivity index is 2.45. The van der Waals surface area contributed by atoms with Gasteiger partial charge in [-0.2, -0.15) is 0 Å². The van der Waals surface area contributed by atoms with E-state index in [4.69, 9.17) is 5.11 Å². The molecule has 14 heavy (non-hydrogen) atoms. The number of thioether (sulfide) groups is 1. The average Bonchev–Trinajstić information content (AvgIpc) is 2.55. The van der Waals surface area contributed by atoms with Crippen LogP contribution < -0.4 is 0 Å². The zero-order valence-corrected chi connectivity index (χ0v) is 9.77. The summed E-state index contributed by atoms with van der Waals surface area (Å²) in [5.74, 6) is 0.0925. The number of aliphatic carboxylic acids is 1. The van der Waals surface area contributed by atoms with Crippen molar-refractivity contribution in [2.45, 2.75) is 24.9 Å². The second kappa shape index (κ2) is 5.36. The Morgan fingerprint density at radius 1 is 1.71 bits per heavy atom. The van der Waals surface area contributed by atoms with Gasteiger partial charge in [0.25, 0.3) is 0 Å². The first kappa shape index (κ1) is 11.5. The Labute approximate surface area is 91.6 Å². The van der Waals surface area contributed by atoms with E-state index in [0.717, 1.165) is 5.69 Å². The number of hydrogen-bond acceptors (Lipinski definition) is 4. The number of hydrogen-bond donors (Lipinski definition) is 1. The summed E-state index contributed by atoms with van der Waals surface area (Å²) in [5.41, 5.74) is 2.73. The van der Waals surface area contributed by atoms with Crippen molar-refractivity contribution in [3.63, 3.8) is 0 Å². The summed E-state index contributed by atoms with van der Waals surface area (Å²) in [7, 11) is 0. The molecule has 0 saturated heterocycles. The molecule has 0 spiro atoms. The summed E-state index contributed by atoms with van der Waals surface area (Å²) in [6.45, 7) is 3.85. The standard InChI is InChI=1S/C9H13NO2S2/c1-6(2)8(9(11)12)14-4-7-3-13-5-10-7/h3,5-6,8H,4H2,1-2H3,(H,11,12). The van der Waals surface area contributed by atoms with Crippen molar-refractivity contribution in [1.29, 1.82) is 0 Å². The van der Waals surface area contributed by atoms with Gasteiger partial charge in [-0.15, -0.1) is 23.1 Å². The minimum atomic E-state index is -0.736. The molecule has 1 unspecified atom stereocenters. The van der Waals surface area contributed by atoms with Crippen molar-refractivity contribution < 1.29 is 9.90 Å². The van der Waals surface area contributed by atoms with Crippen molar-refractivity contribution in [1.82, 2.24) is 4.98 Å². The molecule has 0 bridgehead atoms. The van der Waals surface area contributed by atoms with Gasteiger partial charge in [0.05, 0.1) is 11.2 Å². The Morgan fingerprint density at radius 3 is 2.86 bits per heavy atom. The van der Waals surface area contributed by atoms with Crippen LogP contribution in [0, 0.1) is 5.92 Å². The van der Waals surface area contributed by atoms with Gasteiger partial charge in [-0.05, 0) is 5.92 Å². The fourth-order valence-corrected chi connectivity index (χ4v) is 2.73. The third kappa shape index (κ3) is 3.31. The molecule has 0 amide bonds. The smallest absolute Gasteiger partial charge is 0.316 e. The predicted octanol–water partition coefficient (Wildman–Crippen LogP) is 2.49. The zero-order chi connectivity index (χ0) is 10.6. The van der Waals surface area contributed by atoms with Crippen LogP contribution in [0.25, 0.3) is 0 Å². The molecule has 0 aliphatic rings. The molecule has 5 heteroatoms. The van der Waals surface area contributed by atoms with E-state index in [0.29, 0.717) is 5.75 Å². The highest BCUT2D eigenvalue weighted by molar-refractivity contribution is 7.99. The monoisotopic (exact) mass is 231 g/mol. The lowest BCUT2D eigenvalue weighted by molar-refractivity contribution is -0.137. The number of rotatable bonds is 5. The first-order valence-corrected chi connectivity index (χ1v) is 6.32. The van der Waals surface area contributed by atoms with Crippen molar-refractivity contribution in [2.75, 3.05) is 0 Å². The largest absolute Gasteiger partial charge is 0.480 e. The van der Waals surface area contributed by atoms with Gasteiger partial charge >= 0.3 is 5.97 Å². The first-order valence-electron chi connectivity index (χ1n) is 4.32. The molecule has 0 fully saturated rings. The highest BCUT2D eigenvalue weighted by Crippen LogP contribution is 2.23. The molecule has 1 atom stereocenters. The molecule has 1 rings (SSSR count). The highest BCUT2D eigenvalue weighted by Gasteiger charge is 2.21. The lowest BCUT2D eigenvalue weighted by Gasteiger charge is -2.14. The van der Waals surface area contributed by atoms with Crippen LogP contribution in [0.5, 0.6) is 0 Å². The van der Waals surface area contributed by atoms with Gasteiger partial charge < -0.3 is 5.11 Å². The summed E-state index contributed by atoms with van der Waals surface area (Å²) in [6.07, 6.45) is 0. The Hall–Kier alpha value is -0.550. The van der Waals surface area contributed by atoms with E-state index < -0.39 is 5.97 Å². The number of nitrogens with zero attached hydrogens (tertiary/aromatic N) is 1. The Bertz CT molecular complexity index is 285. The number of carboxylic acid groups (broad SMARTS) is 1. The van der Waals surface area contributed by atoms with E-state index in [2.05, 4.69) is 4.98 Å². The zero-order valence-electron chi connectivity index (χ0n) is 8.14. The van der Waals surface area contributed by atoms with Gasteiger partial charge in [-0.1, -0.05) is 13.8 Å². The summed E-state index contributed by atoms with van der Waals surface area (Å²) in [5, 5.41) is 10.5. The molecule has 0 saturated carbocycles. The maximum Gasteiger partial charge on any atom is 0.316 e. The predicted molar refractivity (Wildman–Crippen MR) is 59.7 cm³/mol. The summed E-state index contributed by atoms with van der Waals surface area (Å²) in [6, 6.07) is 0. The minimum absolute atomic E-state index is 0.149. The van der Waals surface area contributed by atoms with Gasteiger partial charge in [0.2, 0.25) is 0 Å². The molecule has 1 N–H and O–H groups in total. The second-order valence-corrected chi connectivity index (χ2v) is 5.14. The van der Waals surface area contributed by atoms with Gasteiger partial charge in [0.15, 0.2) is 0 Å².